The molecule has 0 spiro atoms. The zero-order valence-electron chi connectivity index (χ0n) is 11.9. The highest BCUT2D eigenvalue weighted by molar-refractivity contribution is 6.30. The molecule has 0 unspecified atom stereocenters. The van der Waals surface area contributed by atoms with Gasteiger partial charge in [-0.1, -0.05) is 29.8 Å². The van der Waals surface area contributed by atoms with Gasteiger partial charge in [0.15, 0.2) is 0 Å². The van der Waals surface area contributed by atoms with Crippen molar-refractivity contribution in [2.24, 2.45) is 0 Å². The summed E-state index contributed by atoms with van der Waals surface area (Å²) >= 11 is 5.99. The third-order valence-electron chi connectivity index (χ3n) is 3.95. The molecule has 0 N–H and O–H groups in total. The molecule has 1 aromatic carbocycles. The van der Waals surface area contributed by atoms with E-state index in [1.54, 1.807) is 6.20 Å². The molecule has 1 fully saturated rings. The normalized spacial score (nSPS) is 18.0. The summed E-state index contributed by atoms with van der Waals surface area (Å²) in [5.74, 6) is 0.0886. The molecule has 0 aliphatic carbocycles. The lowest BCUT2D eigenvalue weighted by molar-refractivity contribution is 0.0735. The van der Waals surface area contributed by atoms with Crippen LogP contribution in [0.4, 0.5) is 0 Å². The van der Waals surface area contributed by atoms with Gasteiger partial charge in [-0.3, -0.25) is 4.79 Å². The van der Waals surface area contributed by atoms with Crippen LogP contribution in [-0.4, -0.2) is 22.3 Å². The van der Waals surface area contributed by atoms with Gasteiger partial charge in [0.25, 0.3) is 5.91 Å². The van der Waals surface area contributed by atoms with Gasteiger partial charge in [0.1, 0.15) is 5.15 Å². The Bertz CT molecular complexity index is 657. The number of hydrogen-bond donors (Lipinski definition) is 0. The van der Waals surface area contributed by atoms with E-state index in [0.29, 0.717) is 5.15 Å². The maximum atomic E-state index is 12.7. The number of pyridine rings is 1. The molecule has 1 saturated heterocycles. The molecule has 21 heavy (non-hydrogen) atoms. The topological polar surface area (TPSA) is 33.2 Å². The number of carbonyl (C=O) groups excluding carboxylic acids is 1. The Hall–Kier alpha value is -1.87. The Kier molecular flexibility index (Phi) is 3.93. The van der Waals surface area contributed by atoms with E-state index < -0.39 is 0 Å². The number of nitrogens with zero attached hydrogens (tertiary/aromatic N) is 2. The number of rotatable bonds is 2. The molecule has 2 heterocycles. The van der Waals surface area contributed by atoms with Crippen molar-refractivity contribution in [1.29, 1.82) is 0 Å². The first-order valence-electron chi connectivity index (χ1n) is 7.15. The highest BCUT2D eigenvalue weighted by Gasteiger charge is 2.30. The summed E-state index contributed by atoms with van der Waals surface area (Å²) in [4.78, 5) is 18.8. The minimum atomic E-state index is 0.0886. The predicted molar refractivity (Wildman–Crippen MR) is 83.4 cm³/mol. The molecule has 0 radical (unpaired) electrons. The summed E-state index contributed by atoms with van der Waals surface area (Å²) in [7, 11) is 0. The van der Waals surface area contributed by atoms with Gasteiger partial charge in [0.05, 0.1) is 6.04 Å². The minimum absolute atomic E-state index is 0.0886. The first-order chi connectivity index (χ1) is 10.2. The fourth-order valence-electron chi connectivity index (χ4n) is 2.86. The van der Waals surface area contributed by atoms with Crippen LogP contribution in [0.25, 0.3) is 0 Å². The Morgan fingerprint density at radius 3 is 2.81 bits per heavy atom. The van der Waals surface area contributed by atoms with Crippen molar-refractivity contribution in [3.63, 3.8) is 0 Å². The van der Waals surface area contributed by atoms with Crippen LogP contribution in [-0.2, 0) is 0 Å². The second-order valence-corrected chi connectivity index (χ2v) is 5.76. The number of halogens is 1. The van der Waals surface area contributed by atoms with Crippen LogP contribution in [0.2, 0.25) is 5.15 Å². The van der Waals surface area contributed by atoms with Gasteiger partial charge in [-0.15, -0.1) is 0 Å². The van der Waals surface area contributed by atoms with Gasteiger partial charge in [-0.2, -0.15) is 0 Å². The van der Waals surface area contributed by atoms with Crippen LogP contribution >= 0.6 is 11.6 Å². The second-order valence-electron chi connectivity index (χ2n) is 5.40. The van der Waals surface area contributed by atoms with Crippen molar-refractivity contribution in [2.45, 2.75) is 25.8 Å². The fraction of sp³-hybridized carbons (Fsp3) is 0.294. The highest BCUT2D eigenvalue weighted by Crippen LogP contribution is 2.33. The van der Waals surface area contributed by atoms with E-state index >= 15 is 0 Å². The lowest BCUT2D eigenvalue weighted by Crippen LogP contribution is -2.30. The second kappa shape index (κ2) is 5.86. The number of carbonyl (C=O) groups is 1. The van der Waals surface area contributed by atoms with E-state index in [1.807, 2.05) is 48.2 Å². The van der Waals surface area contributed by atoms with Crippen LogP contribution in [0, 0.1) is 6.92 Å². The molecular weight excluding hydrogens is 284 g/mol. The fourth-order valence-corrected chi connectivity index (χ4v) is 2.97. The van der Waals surface area contributed by atoms with Gasteiger partial charge < -0.3 is 4.90 Å². The molecular formula is C17H17ClN2O. The van der Waals surface area contributed by atoms with Crippen molar-refractivity contribution in [1.82, 2.24) is 9.88 Å². The van der Waals surface area contributed by atoms with Crippen molar-refractivity contribution in [2.75, 3.05) is 6.54 Å². The van der Waals surface area contributed by atoms with Gasteiger partial charge in [0.2, 0.25) is 0 Å². The Morgan fingerprint density at radius 1 is 1.33 bits per heavy atom. The zero-order valence-corrected chi connectivity index (χ0v) is 12.7. The maximum absolute atomic E-state index is 12.7. The molecule has 0 saturated carbocycles. The van der Waals surface area contributed by atoms with Crippen molar-refractivity contribution >= 4 is 17.5 Å². The van der Waals surface area contributed by atoms with E-state index in [1.165, 1.54) is 0 Å². The SMILES string of the molecule is Cc1cc([C@H]2CCCN2C(=O)c2ccccc2)cnc1Cl. The van der Waals surface area contributed by atoms with Crippen LogP contribution in [0.1, 0.15) is 40.4 Å². The molecule has 0 bridgehead atoms. The van der Waals surface area contributed by atoms with Crippen LogP contribution in [0.3, 0.4) is 0 Å². The van der Waals surface area contributed by atoms with Gasteiger partial charge in [-0.05, 0) is 49.1 Å². The molecule has 4 heteroatoms. The van der Waals surface area contributed by atoms with Crippen molar-refractivity contribution in [3.8, 4) is 0 Å². The van der Waals surface area contributed by atoms with E-state index in [4.69, 9.17) is 11.6 Å². The number of aromatic nitrogens is 1. The summed E-state index contributed by atoms with van der Waals surface area (Å²) < 4.78 is 0. The molecule has 3 nitrogen and oxygen atoms in total. The highest BCUT2D eigenvalue weighted by atomic mass is 35.5. The lowest BCUT2D eigenvalue weighted by Gasteiger charge is -2.25. The molecule has 1 aliphatic heterocycles. The zero-order chi connectivity index (χ0) is 14.8. The van der Waals surface area contributed by atoms with Gasteiger partial charge >= 0.3 is 0 Å². The summed E-state index contributed by atoms with van der Waals surface area (Å²) in [5.41, 5.74) is 2.76. The van der Waals surface area contributed by atoms with Crippen molar-refractivity contribution < 1.29 is 4.79 Å². The number of likely N-dealkylation sites (tertiary alicyclic amines) is 1. The molecule has 3 rings (SSSR count). The average molecular weight is 301 g/mol. The lowest BCUT2D eigenvalue weighted by atomic mass is 10.0. The molecule has 1 aliphatic rings. The monoisotopic (exact) mass is 300 g/mol. The first-order valence-corrected chi connectivity index (χ1v) is 7.52. The number of aryl methyl sites for hydroxylation is 1. The first kappa shape index (κ1) is 14.1. The summed E-state index contributed by atoms with van der Waals surface area (Å²) in [6.45, 7) is 2.73. The molecule has 1 atom stereocenters. The molecule has 108 valence electrons. The summed E-state index contributed by atoms with van der Waals surface area (Å²) in [6, 6.07) is 11.6. The number of amides is 1. The quantitative estimate of drug-likeness (QED) is 0.785. The van der Waals surface area contributed by atoms with Crippen LogP contribution in [0.15, 0.2) is 42.6 Å². The predicted octanol–water partition coefficient (Wildman–Crippen LogP) is 4.02. The van der Waals surface area contributed by atoms with E-state index in [0.717, 1.165) is 36.1 Å². The maximum Gasteiger partial charge on any atom is 0.254 e. The van der Waals surface area contributed by atoms with Crippen LogP contribution < -0.4 is 0 Å². The molecule has 2 aromatic rings. The van der Waals surface area contributed by atoms with Gasteiger partial charge in [0, 0.05) is 18.3 Å². The average Bonchev–Trinajstić information content (AvgIpc) is 2.99. The largest absolute Gasteiger partial charge is 0.332 e. The Labute approximate surface area is 129 Å². The Balaban J connectivity index is 1.88. The Morgan fingerprint density at radius 2 is 2.10 bits per heavy atom. The standard InChI is InChI=1S/C17H17ClN2O/c1-12-10-14(11-19-16(12)18)15-8-5-9-20(15)17(21)13-6-3-2-4-7-13/h2-4,6-7,10-11,15H,5,8-9H2,1H3/t15-/m1/s1. The summed E-state index contributed by atoms with van der Waals surface area (Å²) in [5, 5.41) is 0.526. The third-order valence-corrected chi connectivity index (χ3v) is 4.35. The van der Waals surface area contributed by atoms with Crippen molar-refractivity contribution in [3.05, 3.63) is 64.4 Å². The van der Waals surface area contributed by atoms with Gasteiger partial charge in [-0.25, -0.2) is 4.98 Å². The number of hydrogen-bond acceptors (Lipinski definition) is 2. The van der Waals surface area contributed by atoms with Crippen LogP contribution in [0.5, 0.6) is 0 Å². The molecule has 1 amide bonds. The summed E-state index contributed by atoms with van der Waals surface area (Å²) in [6.07, 6.45) is 3.78. The number of benzene rings is 1. The van der Waals surface area contributed by atoms with E-state index in [2.05, 4.69) is 4.98 Å². The van der Waals surface area contributed by atoms with E-state index in [9.17, 15) is 4.79 Å². The minimum Gasteiger partial charge on any atom is -0.332 e. The van der Waals surface area contributed by atoms with E-state index in [-0.39, 0.29) is 11.9 Å². The molecule has 1 aromatic heterocycles. The third kappa shape index (κ3) is 2.79. The smallest absolute Gasteiger partial charge is 0.254 e.